The highest BCUT2D eigenvalue weighted by molar-refractivity contribution is 6.74. The molecule has 3 aliphatic carbocycles. The summed E-state index contributed by atoms with van der Waals surface area (Å²) in [5.41, 5.74) is 4.41. The van der Waals surface area contributed by atoms with Gasteiger partial charge in [-0.3, -0.25) is 4.79 Å². The number of rotatable bonds is 3. The molecule has 0 radical (unpaired) electrons. The number of nitrogens with zero attached hydrogens (tertiary/aromatic N) is 1. The Kier molecular flexibility index (Phi) is 5.00. The largest absolute Gasteiger partial charge is 0.543 e. The molecule has 4 nitrogen and oxygen atoms in total. The van der Waals surface area contributed by atoms with Gasteiger partial charge >= 0.3 is 0 Å². The van der Waals surface area contributed by atoms with Crippen LogP contribution in [0.3, 0.4) is 0 Å². The molecule has 7 rings (SSSR count). The van der Waals surface area contributed by atoms with Gasteiger partial charge < -0.3 is 14.6 Å². The molecule has 4 fully saturated rings. The number of carbonyl (C=O) groups excluding carboxylic acids is 1. The minimum absolute atomic E-state index is 0.155. The molecule has 2 aromatic carbocycles. The molecular weight excluding hydrogens is 472 g/mol. The molecule has 6 atom stereocenters. The Balaban J connectivity index is 1.32. The second-order valence-electron chi connectivity index (χ2n) is 14.2. The molecule has 2 aliphatic heterocycles. The Morgan fingerprint density at radius 1 is 1.11 bits per heavy atom. The van der Waals surface area contributed by atoms with E-state index in [4.69, 9.17) is 4.43 Å². The average Bonchev–Trinajstić information content (AvgIpc) is 3.30. The zero-order chi connectivity index (χ0) is 25.8. The fraction of sp³-hybridized carbons (Fsp3) is 0.594. The van der Waals surface area contributed by atoms with Gasteiger partial charge in [0.25, 0.3) is 5.91 Å². The molecule has 2 saturated carbocycles. The number of nitrogens with one attached hydrogen (secondary N) is 1. The number of amides is 1. The summed E-state index contributed by atoms with van der Waals surface area (Å²) in [6.45, 7) is 13.7. The Hall–Kier alpha value is -2.11. The molecule has 1 amide bonds. The van der Waals surface area contributed by atoms with Gasteiger partial charge in [-0.15, -0.1) is 0 Å². The molecule has 37 heavy (non-hydrogen) atoms. The highest BCUT2D eigenvalue weighted by Crippen LogP contribution is 2.74. The zero-order valence-electron chi connectivity index (χ0n) is 23.1. The van der Waals surface area contributed by atoms with E-state index in [2.05, 4.69) is 62.3 Å². The molecule has 2 heterocycles. The van der Waals surface area contributed by atoms with E-state index in [0.717, 1.165) is 37.2 Å². The fourth-order valence-corrected chi connectivity index (χ4v) is 10.4. The molecule has 0 aromatic heterocycles. The van der Waals surface area contributed by atoms with Crippen molar-refractivity contribution < 1.29 is 9.22 Å². The van der Waals surface area contributed by atoms with Crippen molar-refractivity contribution in [3.05, 3.63) is 65.2 Å². The normalized spacial score (nSPS) is 35.6. The van der Waals surface area contributed by atoms with E-state index in [1.165, 1.54) is 24.8 Å². The topological polar surface area (TPSA) is 41.6 Å². The molecule has 2 aromatic rings. The standard InChI is InChI=1S/C32H42N2O2Si/c1-30(2,3)37(4,5)36-24-12-11-22-17-27-31-14-13-26-28(32(31,15-16-33-27)25(22)18-24)23(19-31)20-34(26)29(35)21-9-7-6-8-10-21/h6-12,18,23,26-28,33H,13-17,19-20H2,1-5H3/t23-,26?,27-,28?,31-,32+/m1/s1. The number of fused-ring (bicyclic) bond motifs is 1. The van der Waals surface area contributed by atoms with E-state index in [1.54, 1.807) is 5.56 Å². The van der Waals surface area contributed by atoms with Crippen LogP contribution in [0.15, 0.2) is 48.5 Å². The van der Waals surface area contributed by atoms with Crippen LogP contribution < -0.4 is 9.74 Å². The minimum Gasteiger partial charge on any atom is -0.543 e. The minimum atomic E-state index is -1.93. The van der Waals surface area contributed by atoms with Gasteiger partial charge in [0.2, 0.25) is 8.32 Å². The van der Waals surface area contributed by atoms with Gasteiger partial charge in [-0.05, 0) is 109 Å². The van der Waals surface area contributed by atoms with Crippen molar-refractivity contribution in [2.75, 3.05) is 13.1 Å². The predicted molar refractivity (Wildman–Crippen MR) is 151 cm³/mol. The number of hydrogen-bond acceptors (Lipinski definition) is 3. The maximum atomic E-state index is 13.7. The Labute approximate surface area is 223 Å². The van der Waals surface area contributed by atoms with Gasteiger partial charge in [-0.2, -0.15) is 0 Å². The predicted octanol–water partition coefficient (Wildman–Crippen LogP) is 6.17. The number of carbonyl (C=O) groups is 1. The van der Waals surface area contributed by atoms with E-state index in [-0.39, 0.29) is 16.4 Å². The quantitative estimate of drug-likeness (QED) is 0.498. The zero-order valence-corrected chi connectivity index (χ0v) is 24.1. The fourth-order valence-electron chi connectivity index (χ4n) is 9.37. The van der Waals surface area contributed by atoms with Gasteiger partial charge in [0.05, 0.1) is 0 Å². The number of hydrogen-bond donors (Lipinski definition) is 1. The smallest absolute Gasteiger partial charge is 0.254 e. The molecule has 5 heteroatoms. The summed E-state index contributed by atoms with van der Waals surface area (Å²) in [5.74, 6) is 2.46. The van der Waals surface area contributed by atoms with Crippen LogP contribution in [0.25, 0.3) is 0 Å². The van der Waals surface area contributed by atoms with Crippen LogP contribution >= 0.6 is 0 Å². The van der Waals surface area contributed by atoms with Gasteiger partial charge in [-0.25, -0.2) is 0 Å². The van der Waals surface area contributed by atoms with Crippen LogP contribution in [0, 0.1) is 17.3 Å². The molecule has 4 bridgehead atoms. The average molecular weight is 515 g/mol. The Bertz CT molecular complexity index is 1250. The summed E-state index contributed by atoms with van der Waals surface area (Å²) < 4.78 is 6.88. The molecule has 196 valence electrons. The van der Waals surface area contributed by atoms with Crippen LogP contribution in [0.4, 0.5) is 0 Å². The van der Waals surface area contributed by atoms with Crippen molar-refractivity contribution in [1.82, 2.24) is 10.2 Å². The lowest BCUT2D eigenvalue weighted by molar-refractivity contribution is -0.0447. The van der Waals surface area contributed by atoms with Crippen LogP contribution in [-0.4, -0.2) is 44.3 Å². The van der Waals surface area contributed by atoms with Gasteiger partial charge in [-0.1, -0.05) is 45.0 Å². The van der Waals surface area contributed by atoms with Crippen LogP contribution in [-0.2, 0) is 11.8 Å². The monoisotopic (exact) mass is 514 g/mol. The van der Waals surface area contributed by atoms with E-state index in [9.17, 15) is 4.79 Å². The van der Waals surface area contributed by atoms with Crippen molar-refractivity contribution >= 4 is 14.2 Å². The maximum Gasteiger partial charge on any atom is 0.254 e. The van der Waals surface area contributed by atoms with E-state index in [0.29, 0.717) is 29.3 Å². The molecule has 2 unspecified atom stereocenters. The van der Waals surface area contributed by atoms with Crippen molar-refractivity contribution in [3.8, 4) is 5.75 Å². The second kappa shape index (κ2) is 7.72. The van der Waals surface area contributed by atoms with Gasteiger partial charge in [0, 0.05) is 29.6 Å². The number of benzene rings is 2. The van der Waals surface area contributed by atoms with Crippen LogP contribution in [0.5, 0.6) is 5.75 Å². The third kappa shape index (κ3) is 3.07. The summed E-state index contributed by atoms with van der Waals surface area (Å²) in [4.78, 5) is 16.0. The van der Waals surface area contributed by atoms with Crippen LogP contribution in [0.2, 0.25) is 18.1 Å². The van der Waals surface area contributed by atoms with E-state index in [1.807, 2.05) is 30.3 Å². The summed E-state index contributed by atoms with van der Waals surface area (Å²) >= 11 is 0. The summed E-state index contributed by atoms with van der Waals surface area (Å²) in [5, 5.41) is 4.16. The summed E-state index contributed by atoms with van der Waals surface area (Å²) in [6.07, 6.45) is 5.96. The molecule has 5 aliphatic rings. The second-order valence-corrected chi connectivity index (χ2v) is 18.9. The first kappa shape index (κ1) is 24.0. The Morgan fingerprint density at radius 3 is 2.65 bits per heavy atom. The van der Waals surface area contributed by atoms with Gasteiger partial charge in [0.1, 0.15) is 5.75 Å². The molecular formula is C32H42N2O2Si. The number of piperidine rings is 1. The van der Waals surface area contributed by atoms with E-state index < -0.39 is 8.32 Å². The Morgan fingerprint density at radius 2 is 1.89 bits per heavy atom. The first-order valence-corrected chi connectivity index (χ1v) is 17.4. The summed E-state index contributed by atoms with van der Waals surface area (Å²) in [6, 6.07) is 18.0. The number of likely N-dealkylation sites (tertiary alicyclic amines) is 1. The van der Waals surface area contributed by atoms with Crippen molar-refractivity contribution in [1.29, 1.82) is 0 Å². The maximum absolute atomic E-state index is 13.7. The first-order chi connectivity index (χ1) is 17.6. The van der Waals surface area contributed by atoms with Gasteiger partial charge in [0.15, 0.2) is 0 Å². The highest BCUT2D eigenvalue weighted by Gasteiger charge is 2.75. The van der Waals surface area contributed by atoms with Crippen molar-refractivity contribution in [2.45, 2.75) is 88.5 Å². The van der Waals surface area contributed by atoms with E-state index >= 15 is 0 Å². The lowest BCUT2D eigenvalue weighted by atomic mass is 9.44. The summed E-state index contributed by atoms with van der Waals surface area (Å²) in [7, 11) is -1.93. The van der Waals surface area contributed by atoms with Crippen LogP contribution in [0.1, 0.15) is 67.9 Å². The van der Waals surface area contributed by atoms with Crippen molar-refractivity contribution in [3.63, 3.8) is 0 Å². The molecule has 1 N–H and O–H groups in total. The third-order valence-electron chi connectivity index (χ3n) is 11.7. The highest BCUT2D eigenvalue weighted by atomic mass is 28.4. The van der Waals surface area contributed by atoms with Crippen molar-refractivity contribution in [2.24, 2.45) is 17.3 Å². The lowest BCUT2D eigenvalue weighted by Crippen LogP contribution is -2.69. The lowest BCUT2D eigenvalue weighted by Gasteiger charge is -2.64. The first-order valence-electron chi connectivity index (χ1n) is 14.5. The SMILES string of the molecule is CC(C)(C)[Si](C)(C)Oc1ccc2c(c1)[C@]13CCN[C@H](C2)[C@]12CCC1C3[C@@H](CN1C(=O)c1ccccc1)C2. The molecule has 0 spiro atoms. The molecule has 2 saturated heterocycles. The third-order valence-corrected chi connectivity index (χ3v) is 16.1.